The fraction of sp³-hybridized carbons (Fsp3) is 0. The second kappa shape index (κ2) is 159. The molecule has 0 spiro atoms. The van der Waals surface area contributed by atoms with Gasteiger partial charge in [0.2, 0.25) is 0 Å². The van der Waals surface area contributed by atoms with Gasteiger partial charge >= 0.3 is 147 Å². The van der Waals surface area contributed by atoms with E-state index in [1.54, 1.807) is 0 Å². The molecule has 0 amide bonds. The van der Waals surface area contributed by atoms with Crippen LogP contribution in [0.15, 0.2) is 0 Å². The molecule has 0 aliphatic heterocycles. The molecule has 13 heteroatoms. The Labute approximate surface area is 218 Å². The van der Waals surface area contributed by atoms with Crippen molar-refractivity contribution in [2.45, 2.75) is 0 Å². The van der Waals surface area contributed by atoms with Crippen molar-refractivity contribution in [2.75, 3.05) is 0 Å². The fourth-order valence-electron chi connectivity index (χ4n) is 0. The van der Waals surface area contributed by atoms with Crippen molar-refractivity contribution in [3.05, 3.63) is 0 Å². The van der Waals surface area contributed by atoms with Crippen molar-refractivity contribution < 1.29 is 77.9 Å². The van der Waals surface area contributed by atoms with E-state index in [4.69, 9.17) is 0 Å². The average molecular weight is 650 g/mol. The summed E-state index contributed by atoms with van der Waals surface area (Å²) in [4.78, 5) is 0. The summed E-state index contributed by atoms with van der Waals surface area (Å²) in [6.07, 6.45) is 0. The van der Waals surface area contributed by atoms with E-state index in [0.29, 0.717) is 0 Å². The molecule has 0 unspecified atom stereocenters. The first-order valence-electron chi connectivity index (χ1n) is 0. The molecule has 13 heavy (non-hydrogen) atoms. The Morgan fingerprint density at radius 3 is 0.231 bits per heavy atom. The van der Waals surface area contributed by atoms with Gasteiger partial charge in [0.25, 0.3) is 0 Å². The van der Waals surface area contributed by atoms with Gasteiger partial charge in [-0.2, -0.15) is 0 Å². The summed E-state index contributed by atoms with van der Waals surface area (Å²) in [5.41, 5.74) is 0. The van der Waals surface area contributed by atoms with Gasteiger partial charge in [-0.15, -0.1) is 0 Å². The van der Waals surface area contributed by atoms with Crippen molar-refractivity contribution in [2.24, 2.45) is 0 Å². The maximum absolute atomic E-state index is 0. The molecule has 0 fully saturated rings. The minimum Gasteiger partial charge on any atom is -2.00 e. The molecular formula is Ba3Mn2O8-10. The van der Waals surface area contributed by atoms with Crippen LogP contribution in [0.2, 0.25) is 0 Å². The zero-order valence-electron chi connectivity index (χ0n) is 6.14. The Hall–Kier alpha value is 5.43. The van der Waals surface area contributed by atoms with Gasteiger partial charge in [-0.1, -0.05) is 0 Å². The Balaban J connectivity index is 0. The van der Waals surface area contributed by atoms with Gasteiger partial charge < -0.3 is 43.8 Å². The molecular weight excluding hydrogens is 650 g/mol. The average Bonchev–Trinajstić information content (AvgIpc) is 0. The van der Waals surface area contributed by atoms with E-state index in [1.165, 1.54) is 0 Å². The Morgan fingerprint density at radius 1 is 0.231 bits per heavy atom. The fourth-order valence-corrected chi connectivity index (χ4v) is 0. The summed E-state index contributed by atoms with van der Waals surface area (Å²) in [5.74, 6) is 0. The standard InChI is InChI=1S/3Ba.2Mn.8O/q3*+2;;;8*-2. The third-order valence-corrected chi connectivity index (χ3v) is 0. The summed E-state index contributed by atoms with van der Waals surface area (Å²) >= 11 is 0. The summed E-state index contributed by atoms with van der Waals surface area (Å²) in [6.45, 7) is 0. The van der Waals surface area contributed by atoms with E-state index in [1.807, 2.05) is 0 Å². The number of rotatable bonds is 0. The molecule has 0 aromatic carbocycles. The molecule has 0 aliphatic carbocycles. The topological polar surface area (TPSA) is 228 Å². The molecule has 0 aromatic rings. The van der Waals surface area contributed by atoms with Crippen molar-refractivity contribution in [3.63, 3.8) is 0 Å². The van der Waals surface area contributed by atoms with Crippen LogP contribution in [0.4, 0.5) is 0 Å². The predicted octanol–water partition coefficient (Wildman–Crippen LogP) is -2.10. The van der Waals surface area contributed by atoms with E-state index in [0.717, 1.165) is 0 Å². The Kier molecular flexibility index (Phi) is 2330. The van der Waals surface area contributed by atoms with Crippen LogP contribution in [0.25, 0.3) is 0 Å². The first kappa shape index (κ1) is 190. The molecule has 0 saturated heterocycles. The van der Waals surface area contributed by atoms with Crippen LogP contribution >= 0.6 is 0 Å². The summed E-state index contributed by atoms with van der Waals surface area (Å²) in [6, 6.07) is 0. The van der Waals surface area contributed by atoms with Gasteiger partial charge in [0.05, 0.1) is 0 Å². The molecule has 0 aliphatic rings. The van der Waals surface area contributed by atoms with Crippen LogP contribution in [0.3, 0.4) is 0 Å². The van der Waals surface area contributed by atoms with Crippen LogP contribution < -0.4 is 0 Å². The maximum Gasteiger partial charge on any atom is 2.00 e. The van der Waals surface area contributed by atoms with E-state index in [-0.39, 0.29) is 225 Å². The maximum atomic E-state index is 0. The molecule has 0 rings (SSSR count). The summed E-state index contributed by atoms with van der Waals surface area (Å²) in [7, 11) is 0. The molecule has 0 bridgehead atoms. The van der Waals surface area contributed by atoms with Gasteiger partial charge in [-0.25, -0.2) is 0 Å². The van der Waals surface area contributed by atoms with Gasteiger partial charge in [0, 0.05) is 34.1 Å². The molecule has 0 heterocycles. The molecule has 2 radical (unpaired) electrons. The van der Waals surface area contributed by atoms with Gasteiger partial charge in [-0.05, 0) is 0 Å². The monoisotopic (exact) mass is 652 g/mol. The number of hydrogen-bond donors (Lipinski definition) is 0. The SMILES string of the molecule is [Ba+2].[Ba+2].[Ba+2].[Mn].[Mn].[O-2].[O-2].[O-2].[O-2].[O-2].[O-2].[O-2].[O-2]. The minimum absolute atomic E-state index is 0. The predicted molar refractivity (Wildman–Crippen MR) is 22.8 cm³/mol. The van der Waals surface area contributed by atoms with Crippen LogP contribution in [0.5, 0.6) is 0 Å². The van der Waals surface area contributed by atoms with Gasteiger partial charge in [0.15, 0.2) is 0 Å². The van der Waals surface area contributed by atoms with Gasteiger partial charge in [0.1, 0.15) is 0 Å². The molecule has 8 nitrogen and oxygen atoms in total. The van der Waals surface area contributed by atoms with E-state index >= 15 is 0 Å². The summed E-state index contributed by atoms with van der Waals surface area (Å²) < 4.78 is 0. The number of hydrogen-bond acceptors (Lipinski definition) is 0. The molecule has 78 valence electrons. The Bertz CT molecular complexity index is 17.4. The minimum atomic E-state index is 0. The van der Waals surface area contributed by atoms with Crippen LogP contribution in [0.1, 0.15) is 0 Å². The first-order valence-corrected chi connectivity index (χ1v) is 0. The van der Waals surface area contributed by atoms with Crippen molar-refractivity contribution in [1.29, 1.82) is 0 Å². The van der Waals surface area contributed by atoms with E-state index < -0.39 is 0 Å². The van der Waals surface area contributed by atoms with E-state index in [9.17, 15) is 0 Å². The van der Waals surface area contributed by atoms with Crippen molar-refractivity contribution in [1.82, 2.24) is 0 Å². The third-order valence-electron chi connectivity index (χ3n) is 0. The summed E-state index contributed by atoms with van der Waals surface area (Å²) in [5, 5.41) is 0. The van der Waals surface area contributed by atoms with Crippen LogP contribution in [-0.4, -0.2) is 147 Å². The molecule has 0 N–H and O–H groups in total. The zero-order chi connectivity index (χ0) is 0. The molecule has 0 aromatic heterocycles. The smallest absolute Gasteiger partial charge is 2.00 e. The normalized spacial score (nSPS) is 0. The van der Waals surface area contributed by atoms with Crippen LogP contribution in [-0.2, 0) is 77.9 Å². The van der Waals surface area contributed by atoms with Gasteiger partial charge in [-0.3, -0.25) is 0 Å². The first-order chi connectivity index (χ1) is 0. The zero-order valence-corrected chi connectivity index (χ0v) is 21.8. The second-order valence-electron chi connectivity index (χ2n) is 0. The largest absolute Gasteiger partial charge is 2.00 e. The molecule has 0 atom stereocenters. The Morgan fingerprint density at radius 2 is 0.231 bits per heavy atom. The van der Waals surface area contributed by atoms with Crippen molar-refractivity contribution in [3.8, 4) is 0 Å². The van der Waals surface area contributed by atoms with E-state index in [2.05, 4.69) is 0 Å². The van der Waals surface area contributed by atoms with Crippen molar-refractivity contribution >= 4 is 147 Å². The second-order valence-corrected chi connectivity index (χ2v) is 0. The molecule has 0 saturated carbocycles. The van der Waals surface area contributed by atoms with Crippen LogP contribution in [0, 0.1) is 0 Å². The third kappa shape index (κ3) is 141. The quantitative estimate of drug-likeness (QED) is 0.257.